The number of hydrogen-bond acceptors (Lipinski definition) is 3. The molecule has 1 rings (SSSR count). The quantitative estimate of drug-likeness (QED) is 0.867. The molecule has 0 saturated heterocycles. The zero-order valence-electron chi connectivity index (χ0n) is 12.7. The smallest absolute Gasteiger partial charge is 0.241 e. The summed E-state index contributed by atoms with van der Waals surface area (Å²) >= 11 is 0. The van der Waals surface area contributed by atoms with Crippen molar-refractivity contribution >= 4 is 11.6 Å². The van der Waals surface area contributed by atoms with Gasteiger partial charge in [0.1, 0.15) is 0 Å². The van der Waals surface area contributed by atoms with Gasteiger partial charge in [0.05, 0.1) is 17.7 Å². The van der Waals surface area contributed by atoms with Crippen LogP contribution in [0.1, 0.15) is 32.8 Å². The number of nitrogens with one attached hydrogen (secondary N) is 1. The number of benzene rings is 1. The van der Waals surface area contributed by atoms with Crippen LogP contribution in [0.15, 0.2) is 24.3 Å². The van der Waals surface area contributed by atoms with Crippen LogP contribution in [0.5, 0.6) is 0 Å². The summed E-state index contributed by atoms with van der Waals surface area (Å²) in [6.45, 7) is 7.11. The van der Waals surface area contributed by atoms with Gasteiger partial charge in [0.2, 0.25) is 5.91 Å². The maximum absolute atomic E-state index is 12.2. The summed E-state index contributed by atoms with van der Waals surface area (Å²) in [7, 11) is 1.96. The molecule has 0 fully saturated rings. The summed E-state index contributed by atoms with van der Waals surface area (Å²) in [5.74, 6) is 0.517. The molecule has 4 heteroatoms. The second-order valence-electron chi connectivity index (χ2n) is 5.31. The monoisotopic (exact) mass is 273 g/mol. The van der Waals surface area contributed by atoms with E-state index in [1.807, 2.05) is 14.0 Å². The highest BCUT2D eigenvalue weighted by Crippen LogP contribution is 2.12. The van der Waals surface area contributed by atoms with Gasteiger partial charge in [0.15, 0.2) is 0 Å². The van der Waals surface area contributed by atoms with Gasteiger partial charge in [-0.05, 0) is 38.1 Å². The number of nitriles is 1. The Morgan fingerprint density at radius 2 is 2.15 bits per heavy atom. The Morgan fingerprint density at radius 3 is 2.75 bits per heavy atom. The molecule has 0 aromatic heterocycles. The second kappa shape index (κ2) is 7.66. The van der Waals surface area contributed by atoms with Crippen molar-refractivity contribution in [2.45, 2.75) is 33.2 Å². The highest BCUT2D eigenvalue weighted by atomic mass is 16.2. The number of anilines is 1. The summed E-state index contributed by atoms with van der Waals surface area (Å²) in [6.07, 6.45) is 1.10. The summed E-state index contributed by atoms with van der Waals surface area (Å²) in [5.41, 5.74) is 1.21. The van der Waals surface area contributed by atoms with E-state index in [-0.39, 0.29) is 11.9 Å². The van der Waals surface area contributed by atoms with Crippen LogP contribution in [0.4, 0.5) is 5.69 Å². The predicted octanol–water partition coefficient (Wildman–Crippen LogP) is 2.86. The van der Waals surface area contributed by atoms with Crippen molar-refractivity contribution < 1.29 is 4.79 Å². The number of amides is 1. The highest BCUT2D eigenvalue weighted by Gasteiger charge is 2.19. The average molecular weight is 273 g/mol. The van der Waals surface area contributed by atoms with Gasteiger partial charge >= 0.3 is 0 Å². The Kier molecular flexibility index (Phi) is 6.20. The summed E-state index contributed by atoms with van der Waals surface area (Å²) < 4.78 is 0. The lowest BCUT2D eigenvalue weighted by Gasteiger charge is -2.26. The van der Waals surface area contributed by atoms with E-state index < -0.39 is 0 Å². The van der Waals surface area contributed by atoms with Crippen LogP contribution in [-0.4, -0.2) is 30.4 Å². The molecule has 0 heterocycles. The van der Waals surface area contributed by atoms with Gasteiger partial charge in [-0.15, -0.1) is 0 Å². The van der Waals surface area contributed by atoms with E-state index in [4.69, 9.17) is 5.26 Å². The number of carbonyl (C=O) groups excluding carboxylic acids is 1. The van der Waals surface area contributed by atoms with Crippen LogP contribution in [0, 0.1) is 17.2 Å². The Labute approximate surface area is 121 Å². The molecule has 0 aliphatic rings. The van der Waals surface area contributed by atoms with Gasteiger partial charge in [0.25, 0.3) is 0 Å². The van der Waals surface area contributed by atoms with E-state index in [1.54, 1.807) is 24.3 Å². The maximum atomic E-state index is 12.2. The lowest BCUT2D eigenvalue weighted by Crippen LogP contribution is -2.41. The fourth-order valence-corrected chi connectivity index (χ4v) is 1.89. The first-order chi connectivity index (χ1) is 9.47. The zero-order valence-corrected chi connectivity index (χ0v) is 12.7. The summed E-state index contributed by atoms with van der Waals surface area (Å²) in [4.78, 5) is 14.2. The number of rotatable bonds is 6. The van der Waals surface area contributed by atoms with Crippen LogP contribution >= 0.6 is 0 Å². The number of carbonyl (C=O) groups is 1. The molecule has 1 aromatic rings. The van der Waals surface area contributed by atoms with Crippen molar-refractivity contribution in [2.75, 3.05) is 18.9 Å². The minimum absolute atomic E-state index is 0.0501. The standard InChI is InChI=1S/C16H23N3O/c1-5-12(2)11-19(4)13(3)16(20)18-15-8-6-7-14(9-15)10-17/h6-9,12-13H,5,11H2,1-4H3,(H,18,20). The third-order valence-electron chi connectivity index (χ3n) is 3.60. The molecule has 1 amide bonds. The van der Waals surface area contributed by atoms with Crippen molar-refractivity contribution in [3.05, 3.63) is 29.8 Å². The first-order valence-electron chi connectivity index (χ1n) is 6.99. The molecule has 2 atom stereocenters. The molecule has 0 aliphatic carbocycles. The summed E-state index contributed by atoms with van der Waals surface area (Å²) in [6, 6.07) is 8.82. The molecule has 4 nitrogen and oxygen atoms in total. The van der Waals surface area contributed by atoms with E-state index in [1.165, 1.54) is 0 Å². The minimum Gasteiger partial charge on any atom is -0.325 e. The second-order valence-corrected chi connectivity index (χ2v) is 5.31. The SMILES string of the molecule is CCC(C)CN(C)C(C)C(=O)Nc1cccc(C#N)c1. The molecule has 0 aliphatic heterocycles. The van der Waals surface area contributed by atoms with E-state index in [9.17, 15) is 4.79 Å². The molecule has 0 bridgehead atoms. The van der Waals surface area contributed by atoms with Crippen molar-refractivity contribution in [3.8, 4) is 6.07 Å². The van der Waals surface area contributed by atoms with Crippen LogP contribution in [0.3, 0.4) is 0 Å². The minimum atomic E-state index is -0.199. The van der Waals surface area contributed by atoms with E-state index in [0.717, 1.165) is 13.0 Å². The number of nitrogens with zero attached hydrogens (tertiary/aromatic N) is 2. The van der Waals surface area contributed by atoms with E-state index in [2.05, 4.69) is 30.1 Å². The first kappa shape index (κ1) is 16.2. The van der Waals surface area contributed by atoms with E-state index in [0.29, 0.717) is 17.2 Å². The molecular weight excluding hydrogens is 250 g/mol. The summed E-state index contributed by atoms with van der Waals surface area (Å²) in [5, 5.41) is 11.7. The Hall–Kier alpha value is -1.86. The molecule has 1 aromatic carbocycles. The third-order valence-corrected chi connectivity index (χ3v) is 3.60. The van der Waals surface area contributed by atoms with Gasteiger partial charge in [-0.1, -0.05) is 26.3 Å². The van der Waals surface area contributed by atoms with Crippen molar-refractivity contribution in [2.24, 2.45) is 5.92 Å². The van der Waals surface area contributed by atoms with Gasteiger partial charge in [-0.2, -0.15) is 5.26 Å². The fourth-order valence-electron chi connectivity index (χ4n) is 1.89. The van der Waals surface area contributed by atoms with Crippen LogP contribution < -0.4 is 5.32 Å². The van der Waals surface area contributed by atoms with Crippen molar-refractivity contribution in [1.29, 1.82) is 5.26 Å². The van der Waals surface area contributed by atoms with Crippen LogP contribution in [0.2, 0.25) is 0 Å². The Morgan fingerprint density at radius 1 is 1.45 bits per heavy atom. The molecule has 0 radical (unpaired) electrons. The van der Waals surface area contributed by atoms with Crippen LogP contribution in [0.25, 0.3) is 0 Å². The Bertz CT molecular complexity index is 493. The lowest BCUT2D eigenvalue weighted by atomic mass is 10.1. The third kappa shape index (κ3) is 4.67. The van der Waals surface area contributed by atoms with Gasteiger partial charge in [-0.3, -0.25) is 9.69 Å². The van der Waals surface area contributed by atoms with E-state index >= 15 is 0 Å². The number of hydrogen-bond donors (Lipinski definition) is 1. The average Bonchev–Trinajstić information content (AvgIpc) is 2.46. The molecule has 0 spiro atoms. The lowest BCUT2D eigenvalue weighted by molar-refractivity contribution is -0.120. The molecule has 2 unspecified atom stereocenters. The fraction of sp³-hybridized carbons (Fsp3) is 0.500. The highest BCUT2D eigenvalue weighted by molar-refractivity contribution is 5.94. The van der Waals surface area contributed by atoms with Gasteiger partial charge in [-0.25, -0.2) is 0 Å². The van der Waals surface area contributed by atoms with Crippen molar-refractivity contribution in [1.82, 2.24) is 4.90 Å². The molecule has 1 N–H and O–H groups in total. The Balaban J connectivity index is 2.63. The molecule has 20 heavy (non-hydrogen) atoms. The topological polar surface area (TPSA) is 56.1 Å². The molecular formula is C16H23N3O. The molecule has 108 valence electrons. The largest absolute Gasteiger partial charge is 0.325 e. The van der Waals surface area contributed by atoms with Crippen LogP contribution in [-0.2, 0) is 4.79 Å². The molecule has 0 saturated carbocycles. The number of likely N-dealkylation sites (N-methyl/N-ethyl adjacent to an activating group) is 1. The van der Waals surface area contributed by atoms with Crippen molar-refractivity contribution in [3.63, 3.8) is 0 Å². The first-order valence-corrected chi connectivity index (χ1v) is 6.99. The zero-order chi connectivity index (χ0) is 15.1. The van der Waals surface area contributed by atoms with Gasteiger partial charge < -0.3 is 5.32 Å². The normalized spacial score (nSPS) is 13.6. The van der Waals surface area contributed by atoms with Gasteiger partial charge in [0, 0.05) is 12.2 Å². The predicted molar refractivity (Wildman–Crippen MR) is 81.3 cm³/mol. The maximum Gasteiger partial charge on any atom is 0.241 e.